The Morgan fingerprint density at radius 2 is 1.46 bits per heavy atom. The number of carbonyl (C=O) groups excluding carboxylic acids is 1. The summed E-state index contributed by atoms with van der Waals surface area (Å²) in [6.07, 6.45) is 6.63. The van der Waals surface area contributed by atoms with E-state index in [-0.39, 0.29) is 55.4 Å². The van der Waals surface area contributed by atoms with E-state index < -0.39 is 0 Å². The van der Waals surface area contributed by atoms with Gasteiger partial charge in [-0.2, -0.15) is 29.3 Å². The van der Waals surface area contributed by atoms with Crippen LogP contribution in [0.2, 0.25) is 0 Å². The van der Waals surface area contributed by atoms with Crippen LogP contribution < -0.4 is 0 Å². The summed E-state index contributed by atoms with van der Waals surface area (Å²) in [6.45, 7) is 21.0. The predicted molar refractivity (Wildman–Crippen MR) is 165 cm³/mol. The summed E-state index contributed by atoms with van der Waals surface area (Å²) in [5.41, 5.74) is 11.1. The Morgan fingerprint density at radius 1 is 0.897 bits per heavy atom. The van der Waals surface area contributed by atoms with Gasteiger partial charge in [-0.1, -0.05) is 32.1 Å². The van der Waals surface area contributed by atoms with Crippen molar-refractivity contribution in [3.63, 3.8) is 0 Å². The van der Waals surface area contributed by atoms with Crippen molar-refractivity contribution < 1.29 is 37.5 Å². The second-order valence-electron chi connectivity index (χ2n) is 12.3. The summed E-state index contributed by atoms with van der Waals surface area (Å²) in [5, 5.41) is 0. The second kappa shape index (κ2) is 11.9. The molecule has 0 amide bonds. The molecule has 2 aromatic carbocycles. The van der Waals surface area contributed by atoms with Crippen LogP contribution in [-0.4, -0.2) is 52.6 Å². The maximum atomic E-state index is 13.9. The molecule has 0 N–H and O–H groups in total. The van der Waals surface area contributed by atoms with Gasteiger partial charge in [-0.25, -0.2) is 0 Å². The first-order chi connectivity index (χ1) is 17.6. The zero-order chi connectivity index (χ0) is 28.2. The summed E-state index contributed by atoms with van der Waals surface area (Å²) in [5.74, 6) is 0.258. The van der Waals surface area contributed by atoms with Crippen LogP contribution in [0, 0.1) is 40.7 Å². The molecule has 3 nitrogen and oxygen atoms in total. The van der Waals surface area contributed by atoms with Gasteiger partial charge in [-0.15, -0.1) is 20.9 Å². The van der Waals surface area contributed by atoms with Crippen LogP contribution in [0.15, 0.2) is 47.1 Å². The Bertz CT molecular complexity index is 1380. The second-order valence-corrected chi connectivity index (χ2v) is 13.0. The largest absolute Gasteiger partial charge is 0.289 e. The van der Waals surface area contributed by atoms with E-state index in [4.69, 9.17) is 0 Å². The van der Waals surface area contributed by atoms with Crippen molar-refractivity contribution in [2.45, 2.75) is 79.2 Å². The molecule has 2 aliphatic heterocycles. The van der Waals surface area contributed by atoms with Crippen LogP contribution in [0.4, 0.5) is 0 Å². The molecule has 0 saturated carbocycles. The van der Waals surface area contributed by atoms with Gasteiger partial charge in [0.05, 0.1) is 0 Å². The predicted octanol–water partition coefficient (Wildman–Crippen LogP) is 7.01. The Kier molecular flexibility index (Phi) is 9.90. The minimum atomic E-state index is -0.0850. The molecule has 205 valence electrons. The van der Waals surface area contributed by atoms with Gasteiger partial charge in [0.15, 0.2) is 5.78 Å². The van der Waals surface area contributed by atoms with Crippen molar-refractivity contribution >= 4 is 27.2 Å². The van der Waals surface area contributed by atoms with Gasteiger partial charge in [0, 0.05) is 73.8 Å². The number of likely N-dealkylation sites (N-methyl/N-ethyl adjacent to an activating group) is 1. The average Bonchev–Trinajstić information content (AvgIpc) is 3.01. The number of nitrogens with zero attached hydrogens (tertiary/aromatic N) is 2. The number of aryl methyl sites for hydroxylation is 3. The Hall–Kier alpha value is -1.22. The maximum absolute atomic E-state index is 13.9. The number of piperidine rings is 1. The molecule has 0 aromatic heterocycles. The Morgan fingerprint density at radius 3 is 2.00 bits per heavy atom. The molecule has 0 spiro atoms. The van der Waals surface area contributed by atoms with E-state index in [9.17, 15) is 4.79 Å². The molecule has 1 saturated heterocycles. The molecule has 2 unspecified atom stereocenters. The van der Waals surface area contributed by atoms with Crippen molar-refractivity contribution in [3.05, 3.63) is 92.1 Å². The fourth-order valence-corrected chi connectivity index (χ4v) is 6.60. The van der Waals surface area contributed by atoms with Gasteiger partial charge in [0.1, 0.15) is 0 Å². The van der Waals surface area contributed by atoms with Gasteiger partial charge in [0.2, 0.25) is 0 Å². The smallest absolute Gasteiger partial charge is 0.186 e. The molecule has 1 fully saturated rings. The summed E-state index contributed by atoms with van der Waals surface area (Å²) >= 11 is 0. The monoisotopic (exact) mass is 616 g/mol. The van der Waals surface area contributed by atoms with Crippen LogP contribution in [0.3, 0.4) is 0 Å². The molecule has 4 rings (SSSR count). The first kappa shape index (κ1) is 32.3. The topological polar surface area (TPSA) is 23.6 Å². The summed E-state index contributed by atoms with van der Waals surface area (Å²) in [6, 6.07) is 11.9. The van der Waals surface area contributed by atoms with Crippen LogP contribution in [0.25, 0.3) is 12.2 Å². The van der Waals surface area contributed by atoms with Crippen molar-refractivity contribution in [2.24, 2.45) is 0 Å². The molecular weight excluding hydrogens is 572 g/mol. The van der Waals surface area contributed by atoms with E-state index in [1.165, 1.54) is 22.3 Å². The molecule has 39 heavy (non-hydrogen) atoms. The molecule has 2 heterocycles. The molecule has 2 atom stereocenters. The van der Waals surface area contributed by atoms with Crippen LogP contribution in [-0.2, 0) is 37.5 Å². The molecule has 1 radical (unpaired) electrons. The van der Waals surface area contributed by atoms with Crippen molar-refractivity contribution in [3.8, 4) is 0 Å². The average molecular weight is 617 g/mol. The number of rotatable bonds is 4. The van der Waals surface area contributed by atoms with Crippen molar-refractivity contribution in [1.29, 1.82) is 0 Å². The Balaban J connectivity index is 0.00000420. The third kappa shape index (κ3) is 6.34. The van der Waals surface area contributed by atoms with E-state index in [0.717, 1.165) is 33.4 Å². The minimum Gasteiger partial charge on any atom is -0.289 e. The third-order valence-electron chi connectivity index (χ3n) is 9.05. The molecule has 0 aliphatic carbocycles. The molecule has 2 aliphatic rings. The van der Waals surface area contributed by atoms with Crippen molar-refractivity contribution in [2.75, 3.05) is 20.1 Å². The summed E-state index contributed by atoms with van der Waals surface area (Å²) < 4.78 is 0. The zero-order valence-electron chi connectivity index (χ0n) is 25.5. The van der Waals surface area contributed by atoms with E-state index in [1.807, 2.05) is 0 Å². The van der Waals surface area contributed by atoms with Gasteiger partial charge >= 0.3 is 0 Å². The SMILES string of the molecule is Cc1[c-]c(C)c(/C=C2\CN(C(P)C3=CC(C)(C)N(C)C3(C)C)C/C(=C\c3ccc(C)c(C)c3C)C2=O)cc1.[Y]. The summed E-state index contributed by atoms with van der Waals surface area (Å²) in [7, 11) is 5.30. The van der Waals surface area contributed by atoms with E-state index in [2.05, 4.69) is 137 Å². The number of hydrogen-bond donors (Lipinski definition) is 0. The number of likely N-dealkylation sites (tertiary alicyclic amines) is 1. The molecule has 5 heteroatoms. The number of ketones is 1. The third-order valence-corrected chi connectivity index (χ3v) is 9.83. The van der Waals surface area contributed by atoms with Crippen LogP contribution >= 0.6 is 9.24 Å². The standard InChI is InChI=1S/C34H44N2OP.Y/c1-21-11-13-26(23(3)15-21)16-28-19-36(32(38)30-18-33(6,7)35(10)34(30,8)9)20-29(31(28)37)17-27-14-12-22(2)24(4)25(27)5;/h11-14,16-18,32H,19-20,38H2,1-10H3;/q-1;/b28-16+,29-17+;. The van der Waals surface area contributed by atoms with E-state index >= 15 is 0 Å². The quantitative estimate of drug-likeness (QED) is 0.160. The molecule has 0 bridgehead atoms. The fraction of sp³-hybridized carbons (Fsp3) is 0.441. The number of benzene rings is 2. The zero-order valence-corrected chi connectivity index (χ0v) is 29.5. The fourth-order valence-electron chi connectivity index (χ4n) is 5.89. The van der Waals surface area contributed by atoms with Gasteiger partial charge in [0.25, 0.3) is 0 Å². The first-order valence-electron chi connectivity index (χ1n) is 13.6. The molecular formula is C34H44N2OPY-. The number of hydrogen-bond acceptors (Lipinski definition) is 3. The van der Waals surface area contributed by atoms with Gasteiger partial charge in [-0.3, -0.25) is 14.6 Å². The van der Waals surface area contributed by atoms with E-state index in [1.54, 1.807) is 0 Å². The number of Topliss-reactive ketones (excluding diaryl/α,β-unsaturated/α-hetero) is 1. The summed E-state index contributed by atoms with van der Waals surface area (Å²) in [4.78, 5) is 18.8. The normalized spacial score (nSPS) is 22.2. The Labute approximate surface area is 264 Å². The van der Waals surface area contributed by atoms with Gasteiger partial charge < -0.3 is 0 Å². The number of carbonyl (C=O) groups is 1. The minimum absolute atomic E-state index is 0. The first-order valence-corrected chi connectivity index (χ1v) is 14.3. The van der Waals surface area contributed by atoms with E-state index in [0.29, 0.717) is 13.1 Å². The maximum Gasteiger partial charge on any atom is 0.186 e. The van der Waals surface area contributed by atoms with Crippen molar-refractivity contribution in [1.82, 2.24) is 9.80 Å². The molecule has 2 aromatic rings. The van der Waals surface area contributed by atoms with Crippen LogP contribution in [0.1, 0.15) is 66.6 Å². The van der Waals surface area contributed by atoms with Gasteiger partial charge in [-0.05, 0) is 89.4 Å². The van der Waals surface area contributed by atoms with Crippen LogP contribution in [0.5, 0.6) is 0 Å².